The van der Waals surface area contributed by atoms with Gasteiger partial charge in [0.15, 0.2) is 0 Å². The molecule has 23 heavy (non-hydrogen) atoms. The van der Waals surface area contributed by atoms with E-state index in [0.29, 0.717) is 19.6 Å². The van der Waals surface area contributed by atoms with Gasteiger partial charge in [-0.1, -0.05) is 24.3 Å². The van der Waals surface area contributed by atoms with Crippen LogP contribution in [-0.2, 0) is 9.47 Å². The number of rotatable bonds is 8. The number of hydrogen-bond donors (Lipinski definition) is 2. The molecule has 1 saturated heterocycles. The average molecular weight is 316 g/mol. The summed E-state index contributed by atoms with van der Waals surface area (Å²) in [6, 6.07) is 0. The van der Waals surface area contributed by atoms with E-state index in [-0.39, 0.29) is 12.2 Å². The Bertz CT molecular complexity index is 384. The Morgan fingerprint density at radius 3 is 1.35 bits per heavy atom. The van der Waals surface area contributed by atoms with Crippen LogP contribution in [0.3, 0.4) is 0 Å². The van der Waals surface area contributed by atoms with Crippen molar-refractivity contribution < 1.29 is 9.47 Å². The molecule has 0 aliphatic carbocycles. The van der Waals surface area contributed by atoms with E-state index in [2.05, 4.69) is 26.3 Å². The second kappa shape index (κ2) is 8.75. The van der Waals surface area contributed by atoms with Crippen LogP contribution in [0.25, 0.3) is 0 Å². The van der Waals surface area contributed by atoms with Crippen LogP contribution in [0.4, 0.5) is 0 Å². The lowest BCUT2D eigenvalue weighted by molar-refractivity contribution is -0.0358. The fourth-order valence-corrected chi connectivity index (χ4v) is 2.80. The van der Waals surface area contributed by atoms with Gasteiger partial charge in [0, 0.05) is 32.1 Å². The highest BCUT2D eigenvalue weighted by molar-refractivity contribution is 5.71. The van der Waals surface area contributed by atoms with Gasteiger partial charge >= 0.3 is 0 Å². The summed E-state index contributed by atoms with van der Waals surface area (Å²) < 4.78 is 12.1. The van der Waals surface area contributed by atoms with Gasteiger partial charge in [0.25, 0.3) is 0 Å². The molecule has 0 amide bonds. The van der Waals surface area contributed by atoms with Gasteiger partial charge in [0.05, 0.1) is 23.0 Å². The van der Waals surface area contributed by atoms with E-state index in [0.717, 1.165) is 12.8 Å². The highest BCUT2D eigenvalue weighted by Gasteiger charge is 2.40. The van der Waals surface area contributed by atoms with Crippen molar-refractivity contribution >= 4 is 12.4 Å². The van der Waals surface area contributed by atoms with Crippen molar-refractivity contribution in [3.05, 3.63) is 50.6 Å². The van der Waals surface area contributed by atoms with Crippen molar-refractivity contribution in [1.82, 2.24) is 0 Å². The van der Waals surface area contributed by atoms with Crippen molar-refractivity contribution in [1.29, 1.82) is 10.8 Å². The van der Waals surface area contributed by atoms with Crippen LogP contribution in [0, 0.1) is 21.6 Å². The lowest BCUT2D eigenvalue weighted by atomic mass is 9.74. The first-order valence-electron chi connectivity index (χ1n) is 7.88. The first kappa shape index (κ1) is 19.3. The van der Waals surface area contributed by atoms with E-state index >= 15 is 0 Å². The number of ether oxygens (including phenoxy) is 2. The molecule has 0 bridgehead atoms. The van der Waals surface area contributed by atoms with E-state index in [1.54, 1.807) is 24.3 Å². The van der Waals surface area contributed by atoms with Crippen LogP contribution >= 0.6 is 0 Å². The van der Waals surface area contributed by atoms with E-state index in [1.165, 1.54) is 12.4 Å². The average Bonchev–Trinajstić information content (AvgIpc) is 2.72. The Kier molecular flexibility index (Phi) is 7.33. The smallest absolute Gasteiger partial charge is 0.0775 e. The molecule has 0 aromatic heterocycles. The summed E-state index contributed by atoms with van der Waals surface area (Å²) in [7, 11) is 0. The van der Waals surface area contributed by atoms with E-state index < -0.39 is 10.8 Å². The molecular weight excluding hydrogens is 288 g/mol. The quantitative estimate of drug-likeness (QED) is 0.526. The zero-order valence-electron chi connectivity index (χ0n) is 13.8. The SMILES string of the molecule is C=CC(C=C)(C=N)C1CC(C(C=C)(C=C)C=N)OCCCCO1. The van der Waals surface area contributed by atoms with Crippen molar-refractivity contribution in [2.45, 2.75) is 31.5 Å². The normalized spacial score (nSPS) is 23.5. The van der Waals surface area contributed by atoms with Gasteiger partial charge in [-0.15, -0.1) is 26.3 Å². The topological polar surface area (TPSA) is 66.2 Å². The lowest BCUT2D eigenvalue weighted by Gasteiger charge is -2.38. The first-order valence-corrected chi connectivity index (χ1v) is 7.88. The Balaban J connectivity index is 3.24. The third kappa shape index (κ3) is 3.95. The molecule has 1 aliphatic rings. The van der Waals surface area contributed by atoms with Gasteiger partial charge in [-0.3, -0.25) is 0 Å². The third-order valence-corrected chi connectivity index (χ3v) is 4.63. The third-order valence-electron chi connectivity index (χ3n) is 4.63. The predicted octanol–water partition coefficient (Wildman–Crippen LogP) is 3.96. The van der Waals surface area contributed by atoms with Crippen LogP contribution in [0.1, 0.15) is 19.3 Å². The summed E-state index contributed by atoms with van der Waals surface area (Å²) >= 11 is 0. The summed E-state index contributed by atoms with van der Waals surface area (Å²) in [5.41, 5.74) is -1.52. The molecule has 2 N–H and O–H groups in total. The minimum absolute atomic E-state index is 0.336. The molecule has 0 spiro atoms. The van der Waals surface area contributed by atoms with Gasteiger partial charge in [-0.25, -0.2) is 0 Å². The van der Waals surface area contributed by atoms with Crippen molar-refractivity contribution in [3.8, 4) is 0 Å². The molecule has 0 aromatic rings. The monoisotopic (exact) mass is 316 g/mol. The minimum Gasteiger partial charge on any atom is -0.376 e. The maximum atomic E-state index is 7.81. The molecule has 1 fully saturated rings. The summed E-state index contributed by atoms with van der Waals surface area (Å²) in [6.45, 7) is 16.6. The molecule has 126 valence electrons. The maximum absolute atomic E-state index is 7.81. The zero-order valence-corrected chi connectivity index (χ0v) is 13.8. The Labute approximate surface area is 139 Å². The maximum Gasteiger partial charge on any atom is 0.0775 e. The highest BCUT2D eigenvalue weighted by atomic mass is 16.5. The summed E-state index contributed by atoms with van der Waals surface area (Å²) in [4.78, 5) is 0. The number of nitrogens with one attached hydrogen (secondary N) is 2. The fraction of sp³-hybridized carbons (Fsp3) is 0.474. The molecule has 1 rings (SSSR count). The van der Waals surface area contributed by atoms with Crippen molar-refractivity contribution in [2.75, 3.05) is 13.2 Å². The zero-order chi connectivity index (χ0) is 17.3. The van der Waals surface area contributed by atoms with Crippen LogP contribution in [0.2, 0.25) is 0 Å². The standard InChI is InChI=1S/C19H28N2O2/c1-5-18(6-2,14-20)16-13-17(19(7-3,8-4)15-21)23-12-10-9-11-22-16/h5-8,14-17,20-21H,1-4,9-13H2. The molecule has 0 aromatic carbocycles. The molecule has 1 aliphatic heterocycles. The van der Waals surface area contributed by atoms with E-state index in [4.69, 9.17) is 20.3 Å². The molecule has 1 heterocycles. The van der Waals surface area contributed by atoms with Crippen molar-refractivity contribution in [2.24, 2.45) is 10.8 Å². The van der Waals surface area contributed by atoms with Gasteiger partial charge in [0.1, 0.15) is 0 Å². The molecular formula is C19H28N2O2. The highest BCUT2D eigenvalue weighted by Crippen LogP contribution is 2.36. The molecule has 4 heteroatoms. The summed E-state index contributed by atoms with van der Waals surface area (Å²) in [5, 5.41) is 15.6. The summed E-state index contributed by atoms with van der Waals surface area (Å²) in [6.07, 6.45) is 10.9. The van der Waals surface area contributed by atoms with Gasteiger partial charge in [-0.05, 0) is 12.8 Å². The summed E-state index contributed by atoms with van der Waals surface area (Å²) in [5.74, 6) is 0. The van der Waals surface area contributed by atoms with E-state index in [1.807, 2.05) is 0 Å². The molecule has 2 unspecified atom stereocenters. The Morgan fingerprint density at radius 2 is 1.09 bits per heavy atom. The number of hydrogen-bond acceptors (Lipinski definition) is 4. The lowest BCUT2D eigenvalue weighted by Crippen LogP contribution is -2.43. The van der Waals surface area contributed by atoms with Crippen LogP contribution in [0.5, 0.6) is 0 Å². The predicted molar refractivity (Wildman–Crippen MR) is 96.6 cm³/mol. The van der Waals surface area contributed by atoms with E-state index in [9.17, 15) is 0 Å². The van der Waals surface area contributed by atoms with Crippen molar-refractivity contribution in [3.63, 3.8) is 0 Å². The second-order valence-corrected chi connectivity index (χ2v) is 5.77. The molecule has 0 saturated carbocycles. The second-order valence-electron chi connectivity index (χ2n) is 5.77. The van der Waals surface area contributed by atoms with Crippen LogP contribution < -0.4 is 0 Å². The molecule has 2 atom stereocenters. The molecule has 4 nitrogen and oxygen atoms in total. The van der Waals surface area contributed by atoms with Gasteiger partial charge in [-0.2, -0.15) is 0 Å². The van der Waals surface area contributed by atoms with Crippen LogP contribution in [0.15, 0.2) is 50.6 Å². The Hall–Kier alpha value is -1.78. The first-order chi connectivity index (χ1) is 11.1. The van der Waals surface area contributed by atoms with Crippen LogP contribution in [-0.4, -0.2) is 37.9 Å². The largest absolute Gasteiger partial charge is 0.376 e. The minimum atomic E-state index is -0.762. The molecule has 0 radical (unpaired) electrons. The Morgan fingerprint density at radius 1 is 0.739 bits per heavy atom. The van der Waals surface area contributed by atoms with Gasteiger partial charge in [0.2, 0.25) is 0 Å². The van der Waals surface area contributed by atoms with Gasteiger partial charge < -0.3 is 20.3 Å². The fourth-order valence-electron chi connectivity index (χ4n) is 2.80.